The zero-order valence-electron chi connectivity index (χ0n) is 13.5. The number of nitrogens with one attached hydrogen (secondary N) is 1. The van der Waals surface area contributed by atoms with E-state index in [4.69, 9.17) is 9.84 Å². The molecule has 1 aromatic rings. The second kappa shape index (κ2) is 7.88. The molecule has 2 rings (SSSR count). The first-order chi connectivity index (χ1) is 10.2. The normalized spacial score (nSPS) is 24.5. The lowest BCUT2D eigenvalue weighted by Gasteiger charge is -2.32. The molecule has 3 atom stereocenters. The second-order valence-electron chi connectivity index (χ2n) is 6.48. The molecule has 1 fully saturated rings. The van der Waals surface area contributed by atoms with E-state index in [0.29, 0.717) is 23.1 Å². The van der Waals surface area contributed by atoms with Crippen LogP contribution in [0.15, 0.2) is 15.8 Å². The Hall–Kier alpha value is -0.750. The lowest BCUT2D eigenvalue weighted by atomic mass is 10.1. The quantitative estimate of drug-likeness (QED) is 0.316. The van der Waals surface area contributed by atoms with Crippen LogP contribution >= 0.6 is 0 Å². The first-order valence-corrected chi connectivity index (χ1v) is 7.32. The summed E-state index contributed by atoms with van der Waals surface area (Å²) in [5.74, 6) is 0. The summed E-state index contributed by atoms with van der Waals surface area (Å²) in [5.41, 5.74) is -0.549. The number of halogens is 1. The van der Waals surface area contributed by atoms with Gasteiger partial charge in [-0.25, -0.2) is 4.79 Å². The Labute approximate surface area is 151 Å². The fourth-order valence-electron chi connectivity index (χ4n) is 2.70. The van der Waals surface area contributed by atoms with Gasteiger partial charge in [0.1, 0.15) is 25.4 Å². The highest BCUT2D eigenvalue weighted by Gasteiger charge is 2.39. The van der Waals surface area contributed by atoms with Crippen LogP contribution in [-0.4, -0.2) is 70.2 Å². The van der Waals surface area contributed by atoms with E-state index in [1.54, 1.807) is 6.92 Å². The predicted octanol–water partition coefficient (Wildman–Crippen LogP) is -4.43. The molecule has 1 saturated heterocycles. The molecule has 1 aliphatic rings. The van der Waals surface area contributed by atoms with E-state index in [1.165, 1.54) is 10.8 Å². The molecule has 0 amide bonds. The number of ether oxygens (including phenoxy) is 1. The van der Waals surface area contributed by atoms with Crippen molar-refractivity contribution in [2.24, 2.45) is 0 Å². The molecule has 3 unspecified atom stereocenters. The molecule has 1 aliphatic heterocycles. The molecule has 0 aliphatic carbocycles. The summed E-state index contributed by atoms with van der Waals surface area (Å²) in [6.45, 7) is 2.74. The molecule has 0 bridgehead atoms. The summed E-state index contributed by atoms with van der Waals surface area (Å²) in [5, 5.41) is 19.2. The maximum atomic E-state index is 11.9. The number of hydrogen-bond donors (Lipinski definition) is 3. The average molecular weight is 441 g/mol. The van der Waals surface area contributed by atoms with Gasteiger partial charge in [0, 0.05) is 18.2 Å². The number of hydrogen-bond acceptors (Lipinski definition) is 5. The van der Waals surface area contributed by atoms with Crippen molar-refractivity contribution in [2.45, 2.75) is 31.8 Å². The van der Waals surface area contributed by atoms with Gasteiger partial charge in [-0.3, -0.25) is 14.3 Å². The Bertz CT molecular complexity index is 642. The van der Waals surface area contributed by atoms with Crippen molar-refractivity contribution in [1.82, 2.24) is 9.55 Å². The Morgan fingerprint density at radius 2 is 2.09 bits per heavy atom. The van der Waals surface area contributed by atoms with Crippen molar-refractivity contribution in [3.63, 3.8) is 0 Å². The minimum absolute atomic E-state index is 0. The Balaban J connectivity index is 0.00000264. The van der Waals surface area contributed by atoms with Crippen LogP contribution in [0.3, 0.4) is 0 Å². The van der Waals surface area contributed by atoms with Gasteiger partial charge in [0.05, 0.1) is 26.8 Å². The van der Waals surface area contributed by atoms with Gasteiger partial charge >= 0.3 is 5.69 Å². The van der Waals surface area contributed by atoms with Gasteiger partial charge in [-0.05, 0) is 6.92 Å². The van der Waals surface area contributed by atoms with Crippen LogP contribution in [0.5, 0.6) is 0 Å². The maximum Gasteiger partial charge on any atom is 0.330 e. The zero-order chi connectivity index (χ0) is 16.5. The minimum atomic E-state index is -0.694. The molecule has 2 heterocycles. The molecule has 0 radical (unpaired) electrons. The van der Waals surface area contributed by atoms with Gasteiger partial charge in [-0.1, -0.05) is 0 Å². The predicted molar refractivity (Wildman–Crippen MR) is 79.5 cm³/mol. The van der Waals surface area contributed by atoms with Crippen LogP contribution in [0.2, 0.25) is 0 Å². The molecular formula is C14H24IN3O5. The molecule has 0 aromatic carbocycles. The molecule has 132 valence electrons. The van der Waals surface area contributed by atoms with E-state index in [9.17, 15) is 14.7 Å². The van der Waals surface area contributed by atoms with Crippen LogP contribution in [-0.2, 0) is 4.74 Å². The van der Waals surface area contributed by atoms with Crippen molar-refractivity contribution in [2.75, 3.05) is 33.8 Å². The number of aliphatic hydroxyl groups excluding tert-OH is 2. The number of aromatic amines is 1. The summed E-state index contributed by atoms with van der Waals surface area (Å²) in [6.07, 6.45) is 0.0206. The van der Waals surface area contributed by atoms with Gasteiger partial charge < -0.3 is 43.4 Å². The van der Waals surface area contributed by atoms with Gasteiger partial charge in [-0.15, -0.1) is 0 Å². The smallest absolute Gasteiger partial charge is 0.330 e. The first-order valence-electron chi connectivity index (χ1n) is 7.32. The molecule has 3 N–H and O–H groups in total. The summed E-state index contributed by atoms with van der Waals surface area (Å²) in [7, 11) is 3.88. The molecule has 0 spiro atoms. The van der Waals surface area contributed by atoms with Crippen molar-refractivity contribution in [1.29, 1.82) is 0 Å². The third-order valence-electron chi connectivity index (χ3n) is 4.04. The number of H-pyrrole nitrogens is 1. The fourth-order valence-corrected chi connectivity index (χ4v) is 2.70. The third-order valence-corrected chi connectivity index (χ3v) is 4.04. The number of aliphatic hydroxyl groups is 2. The molecule has 9 heteroatoms. The van der Waals surface area contributed by atoms with Crippen LogP contribution in [0.4, 0.5) is 0 Å². The highest BCUT2D eigenvalue weighted by atomic mass is 127. The monoisotopic (exact) mass is 441 g/mol. The summed E-state index contributed by atoms with van der Waals surface area (Å²) in [4.78, 5) is 25.5. The van der Waals surface area contributed by atoms with Crippen molar-refractivity contribution in [3.05, 3.63) is 32.6 Å². The molecule has 8 nitrogen and oxygen atoms in total. The van der Waals surface area contributed by atoms with Crippen molar-refractivity contribution >= 4 is 0 Å². The number of quaternary nitrogens is 1. The number of nitrogens with zero attached hydrogens (tertiary/aromatic N) is 2. The average Bonchev–Trinajstić information content (AvgIpc) is 2.74. The van der Waals surface area contributed by atoms with E-state index in [-0.39, 0.29) is 37.0 Å². The lowest BCUT2D eigenvalue weighted by Crippen LogP contribution is -3.00. The zero-order valence-corrected chi connectivity index (χ0v) is 15.7. The number of rotatable bonds is 5. The van der Waals surface area contributed by atoms with Crippen LogP contribution in [0.25, 0.3) is 0 Å². The number of aromatic nitrogens is 2. The summed E-state index contributed by atoms with van der Waals surface area (Å²) >= 11 is 0. The van der Waals surface area contributed by atoms with Crippen molar-refractivity contribution in [3.8, 4) is 0 Å². The van der Waals surface area contributed by atoms with E-state index >= 15 is 0 Å². The largest absolute Gasteiger partial charge is 1.00 e. The number of aryl methyl sites for hydroxylation is 1. The summed E-state index contributed by atoms with van der Waals surface area (Å²) in [6, 6.07) is 0. The fraction of sp³-hybridized carbons (Fsp3) is 0.714. The highest BCUT2D eigenvalue weighted by molar-refractivity contribution is 5.02. The van der Waals surface area contributed by atoms with Crippen LogP contribution in [0, 0.1) is 6.92 Å². The Morgan fingerprint density at radius 1 is 1.43 bits per heavy atom. The molecule has 0 saturated carbocycles. The Morgan fingerprint density at radius 3 is 2.70 bits per heavy atom. The molecule has 23 heavy (non-hydrogen) atoms. The topological polar surface area (TPSA) is 105 Å². The highest BCUT2D eigenvalue weighted by Crippen LogP contribution is 2.28. The first kappa shape index (κ1) is 20.3. The van der Waals surface area contributed by atoms with Gasteiger partial charge in [0.15, 0.2) is 0 Å². The standard InChI is InChI=1S/C14H23N3O5.HI/c1-9-7-16(14(21)15-13(9)20)12-6-10(19)11(22-12)8-17(2,3)4-5-18;/h7,10-12,18-19H,4-6,8H2,1-3H3;1H. The number of likely N-dealkylation sites (N-methyl/N-ethyl adjacent to an activating group) is 1. The lowest BCUT2D eigenvalue weighted by molar-refractivity contribution is -0.894. The van der Waals surface area contributed by atoms with E-state index in [0.717, 1.165) is 0 Å². The third kappa shape index (κ3) is 4.86. The summed E-state index contributed by atoms with van der Waals surface area (Å²) < 4.78 is 7.63. The van der Waals surface area contributed by atoms with Gasteiger partial charge in [0.2, 0.25) is 0 Å². The SMILES string of the molecule is Cc1cn(C2CC(O)C(C[N+](C)(C)CCO)O2)c(=O)[nH]c1=O.[I-]. The second-order valence-corrected chi connectivity index (χ2v) is 6.48. The van der Waals surface area contributed by atoms with Gasteiger partial charge in [-0.2, -0.15) is 0 Å². The molecular weight excluding hydrogens is 417 g/mol. The van der Waals surface area contributed by atoms with Crippen LogP contribution < -0.4 is 35.2 Å². The van der Waals surface area contributed by atoms with Crippen molar-refractivity contribution < 1.29 is 43.4 Å². The van der Waals surface area contributed by atoms with Crippen LogP contribution in [0.1, 0.15) is 18.2 Å². The van der Waals surface area contributed by atoms with E-state index in [2.05, 4.69) is 4.98 Å². The minimum Gasteiger partial charge on any atom is -1.00 e. The van der Waals surface area contributed by atoms with E-state index < -0.39 is 29.7 Å². The van der Waals surface area contributed by atoms with E-state index in [1.807, 2.05) is 14.1 Å². The van der Waals surface area contributed by atoms with Gasteiger partial charge in [0.25, 0.3) is 5.56 Å². The molecule has 1 aromatic heterocycles. The maximum absolute atomic E-state index is 11.9. The Kier molecular flexibility index (Phi) is 6.95.